The molecule has 1 heterocycles. The molecule has 1 spiro atoms. The molecule has 0 atom stereocenters. The van der Waals surface area contributed by atoms with Crippen LogP contribution in [0.4, 0.5) is 5.69 Å². The molecule has 0 aromatic heterocycles. The van der Waals surface area contributed by atoms with Crippen molar-refractivity contribution in [2.45, 2.75) is 44.5 Å². The second-order valence-electron chi connectivity index (χ2n) is 7.83. The van der Waals surface area contributed by atoms with Crippen LogP contribution in [0.25, 0.3) is 6.08 Å². The molecule has 2 aliphatic rings. The van der Waals surface area contributed by atoms with Crippen molar-refractivity contribution >= 4 is 55.6 Å². The second-order valence-corrected chi connectivity index (χ2v) is 9.60. The van der Waals surface area contributed by atoms with Crippen molar-refractivity contribution in [1.29, 1.82) is 0 Å². The predicted molar refractivity (Wildman–Crippen MR) is 125 cm³/mol. The number of hydrogen-bond donors (Lipinski definition) is 0. The van der Waals surface area contributed by atoms with Crippen molar-refractivity contribution in [3.05, 3.63) is 72.2 Å². The zero-order valence-corrected chi connectivity index (χ0v) is 20.5. The van der Waals surface area contributed by atoms with Crippen LogP contribution in [0.3, 0.4) is 0 Å². The minimum atomic E-state index is -1.16. The topological polar surface area (TPSA) is 105 Å². The number of rotatable bonds is 5. The van der Waals surface area contributed by atoms with Crippen LogP contribution in [0, 0.1) is 10.1 Å². The van der Waals surface area contributed by atoms with Gasteiger partial charge in [-0.3, -0.25) is 10.1 Å². The van der Waals surface area contributed by atoms with E-state index in [0.29, 0.717) is 38.7 Å². The average molecular weight is 581 g/mol. The molecular weight excluding hydrogens is 562 g/mol. The molecule has 2 aromatic rings. The highest BCUT2D eigenvalue weighted by atomic mass is 79.9. The summed E-state index contributed by atoms with van der Waals surface area (Å²) in [5, 5.41) is 10.8. The van der Waals surface area contributed by atoms with Crippen LogP contribution in [0.1, 0.15) is 43.2 Å². The SMILES string of the molecule is O=C1OC2(CCCCC2)OC(=O)C1=Cc1cc(Br)cc(Br)c1OCc1ccc([N+](=O)[O-])cc1. The highest BCUT2D eigenvalue weighted by Crippen LogP contribution is 2.39. The number of carbonyl (C=O) groups is 2. The maximum atomic E-state index is 12.7. The van der Waals surface area contributed by atoms with Crippen molar-refractivity contribution in [2.24, 2.45) is 0 Å². The fraction of sp³-hybridized carbons (Fsp3) is 0.304. The van der Waals surface area contributed by atoms with Crippen molar-refractivity contribution in [2.75, 3.05) is 0 Å². The molecule has 1 aliphatic carbocycles. The molecule has 2 aromatic carbocycles. The lowest BCUT2D eigenvalue weighted by Crippen LogP contribution is -2.47. The van der Waals surface area contributed by atoms with Gasteiger partial charge in [-0.05, 0) is 64.7 Å². The Balaban J connectivity index is 1.59. The number of nitro benzene ring substituents is 1. The van der Waals surface area contributed by atoms with Gasteiger partial charge in [0.05, 0.1) is 9.40 Å². The Morgan fingerprint density at radius 2 is 1.67 bits per heavy atom. The van der Waals surface area contributed by atoms with Gasteiger partial charge < -0.3 is 14.2 Å². The lowest BCUT2D eigenvalue weighted by Gasteiger charge is -2.38. The summed E-state index contributed by atoms with van der Waals surface area (Å²) in [5.74, 6) is -2.20. The maximum absolute atomic E-state index is 12.7. The Hall–Kier alpha value is -2.72. The van der Waals surface area contributed by atoms with Gasteiger partial charge in [-0.25, -0.2) is 9.59 Å². The van der Waals surface area contributed by atoms with E-state index in [9.17, 15) is 19.7 Å². The molecule has 0 unspecified atom stereocenters. The number of nitro groups is 1. The molecule has 1 saturated heterocycles. The standard InChI is InChI=1S/C23H19Br2NO7/c24-16-10-15(11-18-21(27)32-23(33-22(18)28)8-2-1-3-9-23)20(19(25)12-16)31-13-14-4-6-17(7-5-14)26(29)30/h4-7,10-12H,1-3,8-9,13H2. The summed E-state index contributed by atoms with van der Waals surface area (Å²) in [6.07, 6.45) is 5.08. The molecular formula is C23H19Br2NO7. The normalized spacial score (nSPS) is 17.3. The van der Waals surface area contributed by atoms with E-state index in [4.69, 9.17) is 14.2 Å². The lowest BCUT2D eigenvalue weighted by molar-refractivity contribution is -0.384. The minimum Gasteiger partial charge on any atom is -0.487 e. The zero-order valence-electron chi connectivity index (χ0n) is 17.3. The quantitative estimate of drug-likeness (QED) is 0.144. The van der Waals surface area contributed by atoms with E-state index in [-0.39, 0.29) is 17.9 Å². The Kier molecular flexibility index (Phi) is 6.85. The van der Waals surface area contributed by atoms with Crippen molar-refractivity contribution in [3.8, 4) is 5.75 Å². The monoisotopic (exact) mass is 579 g/mol. The van der Waals surface area contributed by atoms with Crippen molar-refractivity contribution in [3.63, 3.8) is 0 Å². The first-order valence-electron chi connectivity index (χ1n) is 10.3. The number of non-ortho nitro benzene ring substituents is 1. The zero-order chi connectivity index (χ0) is 23.6. The highest BCUT2D eigenvalue weighted by Gasteiger charge is 2.46. The summed E-state index contributed by atoms with van der Waals surface area (Å²) < 4.78 is 18.4. The fourth-order valence-corrected chi connectivity index (χ4v) is 5.20. The van der Waals surface area contributed by atoms with Crippen LogP contribution in [0.5, 0.6) is 5.75 Å². The third-order valence-electron chi connectivity index (χ3n) is 5.48. The van der Waals surface area contributed by atoms with Gasteiger partial charge >= 0.3 is 11.9 Å². The first kappa shape index (κ1) is 23.4. The number of carbonyl (C=O) groups excluding carboxylic acids is 2. The number of nitrogens with zero attached hydrogens (tertiary/aromatic N) is 1. The number of benzene rings is 2. The molecule has 4 rings (SSSR count). The summed E-state index contributed by atoms with van der Waals surface area (Å²) >= 11 is 6.85. The molecule has 33 heavy (non-hydrogen) atoms. The lowest BCUT2D eigenvalue weighted by atomic mass is 9.93. The highest BCUT2D eigenvalue weighted by molar-refractivity contribution is 9.11. The Morgan fingerprint density at radius 3 is 2.27 bits per heavy atom. The van der Waals surface area contributed by atoms with Gasteiger partial charge in [0.25, 0.3) is 11.5 Å². The summed E-state index contributed by atoms with van der Waals surface area (Å²) in [6.45, 7) is 0.117. The molecule has 1 aliphatic heterocycles. The summed E-state index contributed by atoms with van der Waals surface area (Å²) in [7, 11) is 0. The van der Waals surface area contributed by atoms with Gasteiger partial charge in [-0.2, -0.15) is 0 Å². The maximum Gasteiger partial charge on any atom is 0.348 e. The largest absolute Gasteiger partial charge is 0.487 e. The van der Waals surface area contributed by atoms with E-state index in [1.54, 1.807) is 24.3 Å². The number of esters is 2. The van der Waals surface area contributed by atoms with Crippen molar-refractivity contribution in [1.82, 2.24) is 0 Å². The summed E-state index contributed by atoms with van der Waals surface area (Å²) in [5.41, 5.74) is 0.946. The third kappa shape index (κ3) is 5.27. The van der Waals surface area contributed by atoms with Crippen LogP contribution in [0.15, 0.2) is 50.9 Å². The molecule has 0 N–H and O–H groups in total. The van der Waals surface area contributed by atoms with E-state index in [1.807, 2.05) is 0 Å². The van der Waals surface area contributed by atoms with E-state index < -0.39 is 22.6 Å². The van der Waals surface area contributed by atoms with E-state index in [0.717, 1.165) is 19.3 Å². The van der Waals surface area contributed by atoms with E-state index in [1.165, 1.54) is 18.2 Å². The molecule has 8 nitrogen and oxygen atoms in total. The fourth-order valence-electron chi connectivity index (χ4n) is 3.83. The number of halogens is 2. The van der Waals surface area contributed by atoms with Crippen LogP contribution < -0.4 is 4.74 Å². The van der Waals surface area contributed by atoms with Gasteiger partial charge in [-0.15, -0.1) is 0 Å². The molecule has 10 heteroatoms. The first-order chi connectivity index (χ1) is 15.8. The average Bonchev–Trinajstić information content (AvgIpc) is 2.76. The van der Waals surface area contributed by atoms with Gasteiger partial charge in [0, 0.05) is 35.0 Å². The molecule has 0 bridgehead atoms. The van der Waals surface area contributed by atoms with Crippen LogP contribution in [-0.2, 0) is 25.7 Å². The minimum absolute atomic E-state index is 0.0148. The van der Waals surface area contributed by atoms with Gasteiger partial charge in [0.1, 0.15) is 17.9 Å². The Morgan fingerprint density at radius 1 is 1.03 bits per heavy atom. The van der Waals surface area contributed by atoms with E-state index >= 15 is 0 Å². The first-order valence-corrected chi connectivity index (χ1v) is 11.9. The van der Waals surface area contributed by atoms with Gasteiger partial charge in [0.2, 0.25) is 0 Å². The molecule has 2 fully saturated rings. The van der Waals surface area contributed by atoms with Crippen LogP contribution in [0.2, 0.25) is 0 Å². The number of ether oxygens (including phenoxy) is 3. The second kappa shape index (κ2) is 9.64. The van der Waals surface area contributed by atoms with Crippen LogP contribution >= 0.6 is 31.9 Å². The Labute approximate surface area is 206 Å². The number of hydrogen-bond acceptors (Lipinski definition) is 7. The third-order valence-corrected chi connectivity index (χ3v) is 6.53. The van der Waals surface area contributed by atoms with Crippen LogP contribution in [-0.4, -0.2) is 22.6 Å². The summed E-state index contributed by atoms with van der Waals surface area (Å²) in [4.78, 5) is 35.8. The van der Waals surface area contributed by atoms with Gasteiger partial charge in [-0.1, -0.05) is 22.4 Å². The molecule has 0 amide bonds. The predicted octanol–water partition coefficient (Wildman–Crippen LogP) is 5.84. The Bertz CT molecular complexity index is 1120. The van der Waals surface area contributed by atoms with E-state index in [2.05, 4.69) is 31.9 Å². The summed E-state index contributed by atoms with van der Waals surface area (Å²) in [6, 6.07) is 9.46. The molecule has 0 radical (unpaired) electrons. The molecule has 172 valence electrons. The van der Waals surface area contributed by atoms with Gasteiger partial charge in [0.15, 0.2) is 0 Å². The van der Waals surface area contributed by atoms with Crippen molar-refractivity contribution < 1.29 is 28.7 Å². The smallest absolute Gasteiger partial charge is 0.348 e. The molecule has 1 saturated carbocycles.